The second-order valence-corrected chi connectivity index (χ2v) is 4.67. The highest BCUT2D eigenvalue weighted by Crippen LogP contribution is 2.24. The summed E-state index contributed by atoms with van der Waals surface area (Å²) in [5.74, 6) is 1.09. The summed E-state index contributed by atoms with van der Waals surface area (Å²) in [6.45, 7) is 3.91. The van der Waals surface area contributed by atoms with Gasteiger partial charge in [-0.05, 0) is 44.2 Å². The van der Waals surface area contributed by atoms with Crippen molar-refractivity contribution in [2.45, 2.75) is 20.0 Å². The number of nitrogens with two attached hydrogens (primary N) is 1. The minimum Gasteiger partial charge on any atom is -0.491 e. The number of pyridine rings is 1. The fourth-order valence-electron chi connectivity index (χ4n) is 1.73. The van der Waals surface area contributed by atoms with Crippen molar-refractivity contribution >= 4 is 23.0 Å². The molecule has 0 aliphatic carbocycles. The number of nitrogens with one attached hydrogen (secondary N) is 1. The van der Waals surface area contributed by atoms with Gasteiger partial charge in [-0.2, -0.15) is 0 Å². The van der Waals surface area contributed by atoms with Crippen LogP contribution in [0.3, 0.4) is 0 Å². The van der Waals surface area contributed by atoms with Crippen molar-refractivity contribution in [3.63, 3.8) is 0 Å². The van der Waals surface area contributed by atoms with Crippen molar-refractivity contribution in [3.05, 3.63) is 46.5 Å². The highest BCUT2D eigenvalue weighted by atomic mass is 16.6. The van der Waals surface area contributed by atoms with Gasteiger partial charge in [-0.1, -0.05) is 0 Å². The lowest BCUT2D eigenvalue weighted by Crippen LogP contribution is -2.05. The number of benzene rings is 1. The third-order valence-electron chi connectivity index (χ3n) is 2.60. The maximum absolute atomic E-state index is 10.7. The van der Waals surface area contributed by atoms with Gasteiger partial charge in [0.2, 0.25) is 5.82 Å². The molecule has 0 saturated carbocycles. The molecule has 0 spiro atoms. The Bertz CT molecular complexity index is 641. The van der Waals surface area contributed by atoms with Crippen molar-refractivity contribution in [3.8, 4) is 5.75 Å². The third-order valence-corrected chi connectivity index (χ3v) is 2.60. The molecule has 0 radical (unpaired) electrons. The number of nitrogens with zero attached hydrogens (tertiary/aromatic N) is 2. The minimum absolute atomic E-state index is 0.111. The van der Waals surface area contributed by atoms with E-state index in [-0.39, 0.29) is 17.6 Å². The van der Waals surface area contributed by atoms with Gasteiger partial charge >= 0.3 is 5.69 Å². The topological polar surface area (TPSA) is 103 Å². The predicted octanol–water partition coefficient (Wildman–Crippen LogP) is 3.10. The van der Waals surface area contributed by atoms with Crippen LogP contribution in [0.2, 0.25) is 0 Å². The van der Waals surface area contributed by atoms with Gasteiger partial charge in [-0.15, -0.1) is 0 Å². The first kappa shape index (κ1) is 14.6. The molecular formula is C14H16N4O3. The molecule has 21 heavy (non-hydrogen) atoms. The molecule has 0 atom stereocenters. The molecule has 0 fully saturated rings. The largest absolute Gasteiger partial charge is 0.491 e. The normalized spacial score (nSPS) is 10.4. The van der Waals surface area contributed by atoms with E-state index < -0.39 is 4.92 Å². The monoisotopic (exact) mass is 288 g/mol. The zero-order valence-corrected chi connectivity index (χ0v) is 11.7. The maximum Gasteiger partial charge on any atom is 0.311 e. The van der Waals surface area contributed by atoms with E-state index in [1.54, 1.807) is 0 Å². The fraction of sp³-hybridized carbons (Fsp3) is 0.214. The molecule has 1 aromatic carbocycles. The van der Waals surface area contributed by atoms with Crippen LogP contribution in [0.4, 0.5) is 23.0 Å². The smallest absolute Gasteiger partial charge is 0.311 e. The summed E-state index contributed by atoms with van der Waals surface area (Å²) in [5.41, 5.74) is 6.12. The van der Waals surface area contributed by atoms with Gasteiger partial charge in [-0.25, -0.2) is 4.98 Å². The van der Waals surface area contributed by atoms with Gasteiger partial charge in [-0.3, -0.25) is 10.1 Å². The minimum atomic E-state index is -0.565. The zero-order valence-electron chi connectivity index (χ0n) is 11.7. The first-order valence-electron chi connectivity index (χ1n) is 6.40. The molecule has 7 nitrogen and oxygen atoms in total. The molecule has 1 aromatic heterocycles. The predicted molar refractivity (Wildman–Crippen MR) is 80.8 cm³/mol. The summed E-state index contributed by atoms with van der Waals surface area (Å²) in [7, 11) is 0. The van der Waals surface area contributed by atoms with Gasteiger partial charge in [0.25, 0.3) is 0 Å². The number of aromatic nitrogens is 1. The Morgan fingerprint density at radius 2 is 1.90 bits per heavy atom. The highest BCUT2D eigenvalue weighted by molar-refractivity contribution is 5.62. The first-order valence-corrected chi connectivity index (χ1v) is 6.40. The first-order chi connectivity index (χ1) is 9.95. The molecule has 0 bridgehead atoms. The molecule has 0 unspecified atom stereocenters. The summed E-state index contributed by atoms with van der Waals surface area (Å²) < 4.78 is 5.54. The third kappa shape index (κ3) is 3.82. The number of hydrogen-bond acceptors (Lipinski definition) is 6. The zero-order chi connectivity index (χ0) is 15.4. The van der Waals surface area contributed by atoms with Crippen LogP contribution in [0.25, 0.3) is 0 Å². The molecule has 0 aliphatic rings. The van der Waals surface area contributed by atoms with E-state index in [9.17, 15) is 10.1 Å². The Labute approximate surface area is 121 Å². The fourth-order valence-corrected chi connectivity index (χ4v) is 1.73. The van der Waals surface area contributed by atoms with E-state index in [0.717, 1.165) is 11.4 Å². The molecule has 110 valence electrons. The Morgan fingerprint density at radius 3 is 2.43 bits per heavy atom. The van der Waals surface area contributed by atoms with Crippen LogP contribution in [0.15, 0.2) is 36.4 Å². The molecule has 0 aliphatic heterocycles. The van der Waals surface area contributed by atoms with Crippen molar-refractivity contribution in [1.82, 2.24) is 4.98 Å². The lowest BCUT2D eigenvalue weighted by atomic mass is 10.3. The van der Waals surface area contributed by atoms with Crippen LogP contribution in [-0.4, -0.2) is 16.0 Å². The Balaban J connectivity index is 2.11. The van der Waals surface area contributed by atoms with E-state index in [1.807, 2.05) is 38.1 Å². The van der Waals surface area contributed by atoms with Gasteiger partial charge in [0.15, 0.2) is 0 Å². The molecule has 2 rings (SSSR count). The maximum atomic E-state index is 10.7. The number of nitro groups is 1. The van der Waals surface area contributed by atoms with Crippen molar-refractivity contribution < 1.29 is 9.66 Å². The van der Waals surface area contributed by atoms with Crippen LogP contribution in [0.5, 0.6) is 5.75 Å². The van der Waals surface area contributed by atoms with Gasteiger partial charge in [0, 0.05) is 11.8 Å². The number of rotatable bonds is 5. The summed E-state index contributed by atoms with van der Waals surface area (Å²) in [6.07, 6.45) is 0.111. The average molecular weight is 288 g/mol. The van der Waals surface area contributed by atoms with Gasteiger partial charge < -0.3 is 15.8 Å². The lowest BCUT2D eigenvalue weighted by Gasteiger charge is -2.11. The van der Waals surface area contributed by atoms with Crippen molar-refractivity contribution in [1.29, 1.82) is 0 Å². The van der Waals surface area contributed by atoms with E-state index in [4.69, 9.17) is 10.5 Å². The number of hydrogen-bond donors (Lipinski definition) is 2. The second-order valence-electron chi connectivity index (χ2n) is 4.67. The number of anilines is 3. The summed E-state index contributed by atoms with van der Waals surface area (Å²) >= 11 is 0. The highest BCUT2D eigenvalue weighted by Gasteiger charge is 2.12. The SMILES string of the molecule is CC(C)Oc1ccc(Nc2ccc([N+](=O)[O-])c(N)n2)cc1. The van der Waals surface area contributed by atoms with E-state index in [1.165, 1.54) is 12.1 Å². The van der Waals surface area contributed by atoms with E-state index in [2.05, 4.69) is 10.3 Å². The molecule has 2 aromatic rings. The van der Waals surface area contributed by atoms with Crippen LogP contribution < -0.4 is 15.8 Å². The molecule has 7 heteroatoms. The van der Waals surface area contributed by atoms with Crippen molar-refractivity contribution in [2.75, 3.05) is 11.1 Å². The standard InChI is InChI=1S/C14H16N4O3/c1-9(2)21-11-5-3-10(4-6-11)16-13-8-7-12(18(19)20)14(15)17-13/h3-9H,1-2H3,(H3,15,16,17). The molecule has 0 amide bonds. The van der Waals surface area contributed by atoms with Gasteiger partial charge in [0.05, 0.1) is 11.0 Å². The molecule has 0 saturated heterocycles. The summed E-state index contributed by atoms with van der Waals surface area (Å²) in [6, 6.07) is 10.1. The molecular weight excluding hydrogens is 272 g/mol. The quantitative estimate of drug-likeness (QED) is 0.647. The molecule has 3 N–H and O–H groups in total. The number of ether oxygens (including phenoxy) is 1. The second kappa shape index (κ2) is 6.08. The van der Waals surface area contributed by atoms with Gasteiger partial charge in [0.1, 0.15) is 11.6 Å². The average Bonchev–Trinajstić information content (AvgIpc) is 2.40. The van der Waals surface area contributed by atoms with Crippen LogP contribution in [0.1, 0.15) is 13.8 Å². The number of nitrogen functional groups attached to an aromatic ring is 1. The summed E-state index contributed by atoms with van der Waals surface area (Å²) in [4.78, 5) is 14.1. The lowest BCUT2D eigenvalue weighted by molar-refractivity contribution is -0.384. The Hall–Kier alpha value is -2.83. The van der Waals surface area contributed by atoms with E-state index in [0.29, 0.717) is 5.82 Å². The van der Waals surface area contributed by atoms with Crippen LogP contribution in [0, 0.1) is 10.1 Å². The van der Waals surface area contributed by atoms with Crippen LogP contribution in [-0.2, 0) is 0 Å². The molecule has 1 heterocycles. The Morgan fingerprint density at radius 1 is 1.24 bits per heavy atom. The van der Waals surface area contributed by atoms with Crippen molar-refractivity contribution in [2.24, 2.45) is 0 Å². The van der Waals surface area contributed by atoms with E-state index >= 15 is 0 Å². The Kier molecular flexibility index (Phi) is 4.22. The van der Waals surface area contributed by atoms with Crippen LogP contribution >= 0.6 is 0 Å². The summed E-state index contributed by atoms with van der Waals surface area (Å²) in [5, 5.41) is 13.7.